The van der Waals surface area contributed by atoms with Crippen molar-refractivity contribution >= 4 is 28.9 Å². The van der Waals surface area contributed by atoms with E-state index < -0.39 is 5.82 Å². The van der Waals surface area contributed by atoms with Gasteiger partial charge in [-0.3, -0.25) is 9.78 Å². The van der Waals surface area contributed by atoms with Crippen molar-refractivity contribution in [2.75, 3.05) is 11.9 Å². The van der Waals surface area contributed by atoms with Crippen molar-refractivity contribution in [1.82, 2.24) is 19.8 Å². The fourth-order valence-corrected chi connectivity index (χ4v) is 5.40. The lowest BCUT2D eigenvalue weighted by Gasteiger charge is -2.28. The van der Waals surface area contributed by atoms with Gasteiger partial charge in [-0.2, -0.15) is 0 Å². The van der Waals surface area contributed by atoms with Gasteiger partial charge in [0.2, 0.25) is 5.91 Å². The van der Waals surface area contributed by atoms with Gasteiger partial charge in [-0.05, 0) is 74.1 Å². The predicted octanol–water partition coefficient (Wildman–Crippen LogP) is 5.77. The second-order valence-electron chi connectivity index (χ2n) is 9.21. The summed E-state index contributed by atoms with van der Waals surface area (Å²) in [6, 6.07) is 19.9. The van der Waals surface area contributed by atoms with Gasteiger partial charge in [-0.25, -0.2) is 8.78 Å². The molecular weight excluding hydrogens is 504 g/mol. The molecule has 2 atom stereocenters. The molecule has 9 heteroatoms. The summed E-state index contributed by atoms with van der Waals surface area (Å²) in [6.45, 7) is 4.18. The molecule has 0 radical (unpaired) electrons. The van der Waals surface area contributed by atoms with Crippen LogP contribution in [0.5, 0.6) is 0 Å². The van der Waals surface area contributed by atoms with Crippen molar-refractivity contribution in [3.8, 4) is 5.69 Å². The number of thiocarbonyl (C=S) groups is 1. The van der Waals surface area contributed by atoms with Gasteiger partial charge in [-0.15, -0.1) is 0 Å². The van der Waals surface area contributed by atoms with Crippen molar-refractivity contribution in [2.45, 2.75) is 32.4 Å². The van der Waals surface area contributed by atoms with Crippen molar-refractivity contribution in [3.05, 3.63) is 113 Å². The van der Waals surface area contributed by atoms with E-state index in [-0.39, 0.29) is 35.9 Å². The van der Waals surface area contributed by atoms with Crippen LogP contribution in [0.2, 0.25) is 0 Å². The van der Waals surface area contributed by atoms with Crippen LogP contribution in [-0.2, 0) is 4.79 Å². The van der Waals surface area contributed by atoms with Crippen molar-refractivity contribution in [1.29, 1.82) is 0 Å². The number of benzene rings is 2. The fourth-order valence-electron chi connectivity index (χ4n) is 5.07. The summed E-state index contributed by atoms with van der Waals surface area (Å²) in [4.78, 5) is 19.3. The number of anilines is 1. The molecule has 0 aliphatic carbocycles. The van der Waals surface area contributed by atoms with Gasteiger partial charge in [0.25, 0.3) is 0 Å². The molecule has 2 aromatic carbocycles. The van der Waals surface area contributed by atoms with Gasteiger partial charge in [-0.1, -0.05) is 30.3 Å². The van der Waals surface area contributed by atoms with E-state index in [9.17, 15) is 13.6 Å². The molecule has 194 valence electrons. The number of para-hydroxylation sites is 2. The molecule has 1 amide bonds. The molecule has 0 saturated carbocycles. The number of carbonyl (C=O) groups is 1. The van der Waals surface area contributed by atoms with E-state index in [1.165, 1.54) is 18.2 Å². The van der Waals surface area contributed by atoms with Gasteiger partial charge >= 0.3 is 0 Å². The van der Waals surface area contributed by atoms with Gasteiger partial charge < -0.3 is 20.1 Å². The lowest BCUT2D eigenvalue weighted by atomic mass is 9.96. The van der Waals surface area contributed by atoms with Crippen molar-refractivity contribution in [3.63, 3.8) is 0 Å². The lowest BCUT2D eigenvalue weighted by Crippen LogP contribution is -2.33. The molecule has 6 nitrogen and oxygen atoms in total. The van der Waals surface area contributed by atoms with E-state index in [0.29, 0.717) is 17.3 Å². The first kappa shape index (κ1) is 25.5. The van der Waals surface area contributed by atoms with Crippen LogP contribution in [0.3, 0.4) is 0 Å². The van der Waals surface area contributed by atoms with Crippen LogP contribution in [0.1, 0.15) is 41.1 Å². The summed E-state index contributed by atoms with van der Waals surface area (Å²) in [5.74, 6) is -1.13. The third kappa shape index (κ3) is 4.89. The summed E-state index contributed by atoms with van der Waals surface area (Å²) in [5.41, 5.74) is 4.09. The Morgan fingerprint density at radius 1 is 1.03 bits per heavy atom. The number of hydrogen-bond acceptors (Lipinski definition) is 3. The summed E-state index contributed by atoms with van der Waals surface area (Å²) >= 11 is 5.72. The SMILES string of the molecule is Cc1cc([C@H]2[C@@H](c3ccccn3)NC(=S)N2CCC(=O)Nc2ccccc2F)c(C)n1-c1ccccc1F. The molecule has 1 aliphatic heterocycles. The number of nitrogens with one attached hydrogen (secondary N) is 2. The van der Waals surface area contributed by atoms with Crippen LogP contribution >= 0.6 is 12.2 Å². The number of pyridine rings is 1. The Labute approximate surface area is 225 Å². The monoisotopic (exact) mass is 531 g/mol. The Bertz CT molecular complexity index is 1490. The van der Waals surface area contributed by atoms with Gasteiger partial charge in [0.1, 0.15) is 11.6 Å². The van der Waals surface area contributed by atoms with E-state index >= 15 is 0 Å². The highest BCUT2D eigenvalue weighted by molar-refractivity contribution is 7.80. The highest BCUT2D eigenvalue weighted by atomic mass is 32.1. The predicted molar refractivity (Wildman–Crippen MR) is 147 cm³/mol. The van der Waals surface area contributed by atoms with E-state index in [1.807, 2.05) is 47.6 Å². The minimum Gasteiger partial charge on any atom is -0.352 e. The number of carbonyl (C=O) groups excluding carboxylic acids is 1. The molecule has 4 aromatic rings. The van der Waals surface area contributed by atoms with E-state index in [1.54, 1.807) is 36.5 Å². The highest BCUT2D eigenvalue weighted by Crippen LogP contribution is 2.41. The third-order valence-electron chi connectivity index (χ3n) is 6.81. The molecule has 0 unspecified atom stereocenters. The zero-order chi connectivity index (χ0) is 26.8. The largest absolute Gasteiger partial charge is 0.352 e. The summed E-state index contributed by atoms with van der Waals surface area (Å²) in [5, 5.41) is 6.50. The summed E-state index contributed by atoms with van der Waals surface area (Å²) < 4.78 is 30.7. The maximum Gasteiger partial charge on any atom is 0.226 e. The molecule has 1 fully saturated rings. The Morgan fingerprint density at radius 2 is 1.74 bits per heavy atom. The molecule has 3 heterocycles. The molecule has 5 rings (SSSR count). The number of aromatic nitrogens is 2. The summed E-state index contributed by atoms with van der Waals surface area (Å²) in [7, 11) is 0. The van der Waals surface area contributed by atoms with Crippen molar-refractivity contribution in [2.24, 2.45) is 0 Å². The first-order valence-corrected chi connectivity index (χ1v) is 12.7. The van der Waals surface area contributed by atoms with Crippen LogP contribution in [0.15, 0.2) is 79.0 Å². The van der Waals surface area contributed by atoms with E-state index in [4.69, 9.17) is 12.2 Å². The highest BCUT2D eigenvalue weighted by Gasteiger charge is 2.41. The zero-order valence-electron chi connectivity index (χ0n) is 21.0. The molecule has 38 heavy (non-hydrogen) atoms. The van der Waals surface area contributed by atoms with Crippen LogP contribution in [0, 0.1) is 25.5 Å². The topological polar surface area (TPSA) is 62.2 Å². The Balaban J connectivity index is 1.48. The number of hydrogen-bond donors (Lipinski definition) is 2. The Kier molecular flexibility index (Phi) is 7.20. The molecule has 2 N–H and O–H groups in total. The minimum atomic E-state index is -0.493. The first-order chi connectivity index (χ1) is 18.3. The number of amides is 1. The number of halogens is 2. The van der Waals surface area contributed by atoms with Crippen LogP contribution in [-0.4, -0.2) is 32.0 Å². The van der Waals surface area contributed by atoms with Gasteiger partial charge in [0.15, 0.2) is 5.11 Å². The number of aryl methyl sites for hydroxylation is 1. The maximum absolute atomic E-state index is 14.8. The minimum absolute atomic E-state index is 0.0909. The second-order valence-corrected chi connectivity index (χ2v) is 9.60. The average molecular weight is 532 g/mol. The van der Waals surface area contributed by atoms with Gasteiger partial charge in [0, 0.05) is 30.6 Å². The van der Waals surface area contributed by atoms with E-state index in [0.717, 1.165) is 22.6 Å². The first-order valence-electron chi connectivity index (χ1n) is 12.3. The normalized spacial score (nSPS) is 16.9. The van der Waals surface area contributed by atoms with E-state index in [2.05, 4.69) is 15.6 Å². The molecular formula is C29H27F2N5OS. The summed E-state index contributed by atoms with van der Waals surface area (Å²) in [6.07, 6.45) is 1.82. The van der Waals surface area contributed by atoms with Crippen LogP contribution in [0.25, 0.3) is 5.69 Å². The molecule has 2 aromatic heterocycles. The Hall–Kier alpha value is -4.11. The number of nitrogens with zero attached hydrogens (tertiary/aromatic N) is 3. The zero-order valence-corrected chi connectivity index (χ0v) is 21.8. The standard InChI is InChI=1S/C29H27F2N5OS/c1-18-17-20(19(2)36(18)25-13-6-4-10-22(25)31)28-27(24-12-7-8-15-32-24)34-29(38)35(28)16-14-26(37)33-23-11-5-3-9-21(23)30/h3-13,15,17,27-28H,14,16H2,1-2H3,(H,33,37)(H,34,38)/t27-,28+/m1/s1. The van der Waals surface area contributed by atoms with Crippen molar-refractivity contribution < 1.29 is 13.6 Å². The molecule has 1 saturated heterocycles. The quantitative estimate of drug-likeness (QED) is 0.297. The van der Waals surface area contributed by atoms with Crippen LogP contribution in [0.4, 0.5) is 14.5 Å². The smallest absolute Gasteiger partial charge is 0.226 e. The molecule has 1 aliphatic rings. The molecule has 0 spiro atoms. The van der Waals surface area contributed by atoms with Gasteiger partial charge in [0.05, 0.1) is 29.2 Å². The lowest BCUT2D eigenvalue weighted by molar-refractivity contribution is -0.116. The van der Waals surface area contributed by atoms with Crippen LogP contribution < -0.4 is 10.6 Å². The fraction of sp³-hybridized carbons (Fsp3) is 0.207. The average Bonchev–Trinajstić information content (AvgIpc) is 3.39. The number of rotatable bonds is 7. The second kappa shape index (κ2) is 10.7. The molecule has 0 bridgehead atoms. The third-order valence-corrected chi connectivity index (χ3v) is 7.16. The Morgan fingerprint density at radius 3 is 2.45 bits per heavy atom. The maximum atomic E-state index is 14.8.